The molecule has 3 amide bonds. The van der Waals surface area contributed by atoms with Gasteiger partial charge in [0.1, 0.15) is 11.7 Å². The number of fused-ring (bicyclic) bond motifs is 1. The third-order valence-electron chi connectivity index (χ3n) is 4.13. The minimum Gasteiger partial charge on any atom is -0.366 e. The number of amides is 3. The van der Waals surface area contributed by atoms with E-state index in [1.807, 2.05) is 18.2 Å². The topological polar surface area (TPSA) is 114 Å². The Balaban J connectivity index is 1.83. The summed E-state index contributed by atoms with van der Waals surface area (Å²) in [6.07, 6.45) is 1.23. The van der Waals surface area contributed by atoms with Crippen molar-refractivity contribution in [3.63, 3.8) is 0 Å². The molecule has 0 unspecified atom stereocenters. The second-order valence-corrected chi connectivity index (χ2v) is 6.19. The third kappa shape index (κ3) is 3.21. The molecule has 25 heavy (non-hydrogen) atoms. The zero-order valence-electron chi connectivity index (χ0n) is 13.9. The van der Waals surface area contributed by atoms with E-state index in [2.05, 4.69) is 29.5 Å². The molecule has 3 rings (SSSR count). The van der Waals surface area contributed by atoms with Crippen molar-refractivity contribution < 1.29 is 14.4 Å². The summed E-state index contributed by atoms with van der Waals surface area (Å²) in [6, 6.07) is 7.76. The lowest BCUT2D eigenvalue weighted by molar-refractivity contribution is -0.117. The Morgan fingerprint density at radius 2 is 2.00 bits per heavy atom. The number of rotatable bonds is 4. The molecule has 4 N–H and O–H groups in total. The van der Waals surface area contributed by atoms with Gasteiger partial charge in [-0.2, -0.15) is 0 Å². The lowest BCUT2D eigenvalue weighted by Crippen LogP contribution is -2.33. The van der Waals surface area contributed by atoms with E-state index in [0.717, 1.165) is 11.1 Å². The zero-order valence-corrected chi connectivity index (χ0v) is 13.9. The van der Waals surface area contributed by atoms with Crippen LogP contribution in [0.25, 0.3) is 0 Å². The molecule has 1 aliphatic heterocycles. The number of nitrogens with zero attached hydrogens (tertiary/aromatic N) is 1. The smallest absolute Gasteiger partial charge is 0.270 e. The van der Waals surface area contributed by atoms with Gasteiger partial charge >= 0.3 is 0 Å². The maximum absolute atomic E-state index is 12.4. The van der Waals surface area contributed by atoms with Crippen LogP contribution < -0.4 is 16.4 Å². The predicted molar refractivity (Wildman–Crippen MR) is 92.1 cm³/mol. The number of hydrogen-bond donors (Lipinski definition) is 3. The van der Waals surface area contributed by atoms with Gasteiger partial charge in [-0.05, 0) is 29.7 Å². The lowest BCUT2D eigenvalue weighted by atomic mass is 9.98. The van der Waals surface area contributed by atoms with Crippen molar-refractivity contribution >= 4 is 23.4 Å². The zero-order chi connectivity index (χ0) is 18.1. The Hall–Kier alpha value is -3.22. The molecule has 0 aliphatic carbocycles. The summed E-state index contributed by atoms with van der Waals surface area (Å²) in [7, 11) is 0. The molecular formula is C18H18N4O3. The van der Waals surface area contributed by atoms with E-state index < -0.39 is 17.9 Å². The van der Waals surface area contributed by atoms with Crippen molar-refractivity contribution in [2.75, 3.05) is 5.32 Å². The van der Waals surface area contributed by atoms with Crippen LogP contribution >= 0.6 is 0 Å². The fraction of sp³-hybridized carbons (Fsp3) is 0.222. The minimum absolute atomic E-state index is 0.103. The number of benzene rings is 1. The summed E-state index contributed by atoms with van der Waals surface area (Å²) in [5.41, 5.74) is 7.97. The number of carbonyl (C=O) groups excluding carboxylic acids is 3. The molecule has 1 aromatic carbocycles. The van der Waals surface area contributed by atoms with Gasteiger partial charge in [0.2, 0.25) is 5.91 Å². The van der Waals surface area contributed by atoms with Crippen LogP contribution in [0.1, 0.15) is 57.8 Å². The second kappa shape index (κ2) is 6.35. The van der Waals surface area contributed by atoms with Crippen LogP contribution in [0.2, 0.25) is 0 Å². The van der Waals surface area contributed by atoms with Crippen molar-refractivity contribution in [2.45, 2.75) is 25.8 Å². The maximum Gasteiger partial charge on any atom is 0.270 e. The average molecular weight is 338 g/mol. The van der Waals surface area contributed by atoms with Gasteiger partial charge in [0.25, 0.3) is 11.8 Å². The van der Waals surface area contributed by atoms with E-state index in [-0.39, 0.29) is 17.2 Å². The van der Waals surface area contributed by atoms with Crippen LogP contribution in [-0.4, -0.2) is 22.7 Å². The van der Waals surface area contributed by atoms with Crippen LogP contribution in [-0.2, 0) is 4.79 Å². The van der Waals surface area contributed by atoms with E-state index in [0.29, 0.717) is 11.6 Å². The number of anilines is 1. The predicted octanol–water partition coefficient (Wildman–Crippen LogP) is 1.73. The van der Waals surface area contributed by atoms with E-state index in [1.165, 1.54) is 18.3 Å². The fourth-order valence-corrected chi connectivity index (χ4v) is 2.66. The van der Waals surface area contributed by atoms with Crippen molar-refractivity contribution in [1.82, 2.24) is 10.3 Å². The molecule has 7 nitrogen and oxygen atoms in total. The molecule has 0 saturated heterocycles. The summed E-state index contributed by atoms with van der Waals surface area (Å²) in [4.78, 5) is 39.6. The van der Waals surface area contributed by atoms with Crippen LogP contribution in [0.4, 0.5) is 5.69 Å². The largest absolute Gasteiger partial charge is 0.366 e. The van der Waals surface area contributed by atoms with Crippen LogP contribution in [0, 0.1) is 0 Å². The van der Waals surface area contributed by atoms with Gasteiger partial charge in [-0.15, -0.1) is 0 Å². The van der Waals surface area contributed by atoms with Crippen LogP contribution in [0.3, 0.4) is 0 Å². The number of carbonyl (C=O) groups is 3. The average Bonchev–Trinajstić information content (AvgIpc) is 2.89. The summed E-state index contributed by atoms with van der Waals surface area (Å²) < 4.78 is 0. The second-order valence-electron chi connectivity index (χ2n) is 6.19. The molecule has 128 valence electrons. The number of nitrogens with two attached hydrogens (primary N) is 1. The molecule has 1 atom stereocenters. The Kier molecular flexibility index (Phi) is 4.22. The highest BCUT2D eigenvalue weighted by atomic mass is 16.2. The molecule has 0 saturated carbocycles. The van der Waals surface area contributed by atoms with Crippen LogP contribution in [0.5, 0.6) is 0 Å². The Labute approximate surface area is 144 Å². The Morgan fingerprint density at radius 3 is 2.60 bits per heavy atom. The minimum atomic E-state index is -0.779. The fourth-order valence-electron chi connectivity index (χ4n) is 2.66. The highest BCUT2D eigenvalue weighted by molar-refractivity contribution is 6.06. The van der Waals surface area contributed by atoms with Crippen molar-refractivity contribution in [2.24, 2.45) is 5.73 Å². The number of primary amides is 1. The Morgan fingerprint density at radius 1 is 1.24 bits per heavy atom. The standard InChI is InChI=1S/C18H18N4O3/c1-9(2)10-3-5-13-12(7-10)15(18(25)21-13)22-17(24)14-6-4-11(8-20-14)16(19)23/h3-9,15H,1-2H3,(H2,19,23)(H,21,25)(H,22,24)/t15-/m0/s1. The molecule has 1 aromatic heterocycles. The van der Waals surface area contributed by atoms with Gasteiger partial charge in [0, 0.05) is 17.4 Å². The molecule has 0 bridgehead atoms. The van der Waals surface area contributed by atoms with Gasteiger partial charge < -0.3 is 16.4 Å². The molecule has 7 heteroatoms. The van der Waals surface area contributed by atoms with Gasteiger partial charge in [-0.25, -0.2) is 0 Å². The SMILES string of the molecule is CC(C)c1ccc2c(c1)[C@H](NC(=O)c1ccc(C(N)=O)cn1)C(=O)N2. The first-order chi connectivity index (χ1) is 11.9. The molecule has 1 aliphatic rings. The molecule has 0 fully saturated rings. The quantitative estimate of drug-likeness (QED) is 0.787. The van der Waals surface area contributed by atoms with Crippen molar-refractivity contribution in [3.8, 4) is 0 Å². The number of pyridine rings is 1. The summed E-state index contributed by atoms with van der Waals surface area (Å²) in [5.74, 6) is -1.11. The molecule has 0 spiro atoms. The van der Waals surface area contributed by atoms with E-state index >= 15 is 0 Å². The highest BCUT2D eigenvalue weighted by Gasteiger charge is 2.32. The molecule has 0 radical (unpaired) electrons. The highest BCUT2D eigenvalue weighted by Crippen LogP contribution is 2.33. The van der Waals surface area contributed by atoms with Crippen molar-refractivity contribution in [3.05, 3.63) is 58.9 Å². The van der Waals surface area contributed by atoms with Gasteiger partial charge in [0.05, 0.1) is 5.56 Å². The first-order valence-corrected chi connectivity index (χ1v) is 7.88. The lowest BCUT2D eigenvalue weighted by Gasteiger charge is -2.13. The summed E-state index contributed by atoms with van der Waals surface area (Å²) >= 11 is 0. The first-order valence-electron chi connectivity index (χ1n) is 7.88. The molecule has 2 heterocycles. The van der Waals surface area contributed by atoms with Gasteiger partial charge in [-0.1, -0.05) is 26.0 Å². The number of nitrogens with one attached hydrogen (secondary N) is 2. The number of hydrogen-bond acceptors (Lipinski definition) is 4. The van der Waals surface area contributed by atoms with Gasteiger partial charge in [-0.3, -0.25) is 19.4 Å². The van der Waals surface area contributed by atoms with E-state index in [4.69, 9.17) is 5.73 Å². The van der Waals surface area contributed by atoms with E-state index in [9.17, 15) is 14.4 Å². The van der Waals surface area contributed by atoms with Crippen LogP contribution in [0.15, 0.2) is 36.5 Å². The van der Waals surface area contributed by atoms with Crippen molar-refractivity contribution in [1.29, 1.82) is 0 Å². The number of aromatic nitrogens is 1. The third-order valence-corrected chi connectivity index (χ3v) is 4.13. The first kappa shape index (κ1) is 16.6. The summed E-state index contributed by atoms with van der Waals surface area (Å²) in [5, 5.41) is 5.45. The Bertz CT molecular complexity index is 859. The normalized spacial score (nSPS) is 15.6. The maximum atomic E-state index is 12.4. The van der Waals surface area contributed by atoms with Gasteiger partial charge in [0.15, 0.2) is 0 Å². The van der Waals surface area contributed by atoms with E-state index in [1.54, 1.807) is 0 Å². The molecule has 2 aromatic rings. The monoisotopic (exact) mass is 338 g/mol. The summed E-state index contributed by atoms with van der Waals surface area (Å²) in [6.45, 7) is 4.12. The molecular weight excluding hydrogens is 320 g/mol.